The highest BCUT2D eigenvalue weighted by atomic mass is 35.5. The van der Waals surface area contributed by atoms with Crippen LogP contribution in [-0.2, 0) is 0 Å². The zero-order valence-corrected chi connectivity index (χ0v) is 18.7. The Kier molecular flexibility index (Phi) is 5.30. The zero-order valence-electron chi connectivity index (χ0n) is 18.0. The number of aryl methyl sites for hydroxylation is 1. The molecule has 0 bridgehead atoms. The molecule has 3 aromatic heterocycles. The fraction of sp³-hybridized carbons (Fsp3) is 0.478. The van der Waals surface area contributed by atoms with E-state index in [1.54, 1.807) is 18.3 Å². The standard InChI is InChI=1S/C23H27ClN6O/c1-15-7-10-28(13-15)22-16(2)14-30-21(26-22)12-18(27-30)20-5-3-4-9-29(20)23(31)19-11-17(24)6-8-25-19/h6,8,11-12,14-15,20H,3-5,7,9-10,13H2,1-2H3/t15-,20-/m0/s1. The number of nitrogens with zero attached hydrogens (tertiary/aromatic N) is 6. The van der Waals surface area contributed by atoms with E-state index in [0.717, 1.165) is 55.1 Å². The van der Waals surface area contributed by atoms with Gasteiger partial charge in [-0.2, -0.15) is 5.10 Å². The third-order valence-corrected chi connectivity index (χ3v) is 6.63. The average molecular weight is 439 g/mol. The molecule has 5 heterocycles. The van der Waals surface area contributed by atoms with E-state index in [9.17, 15) is 4.79 Å². The SMILES string of the molecule is Cc1cn2nc([C@@H]3CCCCN3C(=O)c3cc(Cl)ccn3)cc2nc1N1CC[C@H](C)C1. The Hall–Kier alpha value is -2.67. The summed E-state index contributed by atoms with van der Waals surface area (Å²) < 4.78 is 1.85. The van der Waals surface area contributed by atoms with Crippen LogP contribution in [0.3, 0.4) is 0 Å². The minimum Gasteiger partial charge on any atom is -0.356 e. The Morgan fingerprint density at radius 2 is 2.06 bits per heavy atom. The van der Waals surface area contributed by atoms with Gasteiger partial charge >= 0.3 is 0 Å². The molecule has 0 N–H and O–H groups in total. The summed E-state index contributed by atoms with van der Waals surface area (Å²) >= 11 is 6.09. The van der Waals surface area contributed by atoms with Gasteiger partial charge in [0.25, 0.3) is 5.91 Å². The number of rotatable bonds is 3. The molecule has 8 heteroatoms. The summed E-state index contributed by atoms with van der Waals surface area (Å²) in [6, 6.07) is 5.26. The van der Waals surface area contributed by atoms with Gasteiger partial charge < -0.3 is 9.80 Å². The van der Waals surface area contributed by atoms with E-state index < -0.39 is 0 Å². The minimum absolute atomic E-state index is 0.0840. The third kappa shape index (κ3) is 3.87. The molecule has 1 amide bonds. The predicted octanol–water partition coefficient (Wildman–Crippen LogP) is 4.30. The molecule has 2 aliphatic rings. The Balaban J connectivity index is 1.47. The lowest BCUT2D eigenvalue weighted by Gasteiger charge is -2.34. The molecule has 2 fully saturated rings. The highest BCUT2D eigenvalue weighted by Crippen LogP contribution is 2.33. The number of carbonyl (C=O) groups is 1. The highest BCUT2D eigenvalue weighted by molar-refractivity contribution is 6.30. The molecule has 31 heavy (non-hydrogen) atoms. The van der Waals surface area contributed by atoms with Crippen LogP contribution in [-0.4, -0.2) is 50.0 Å². The van der Waals surface area contributed by atoms with Crippen molar-refractivity contribution in [3.8, 4) is 0 Å². The Labute approximate surface area is 187 Å². The highest BCUT2D eigenvalue weighted by Gasteiger charge is 2.31. The number of piperidine rings is 1. The lowest BCUT2D eigenvalue weighted by molar-refractivity contribution is 0.0599. The van der Waals surface area contributed by atoms with Crippen LogP contribution in [0.2, 0.25) is 5.02 Å². The van der Waals surface area contributed by atoms with Crippen molar-refractivity contribution in [3.05, 3.63) is 52.6 Å². The number of likely N-dealkylation sites (tertiary alicyclic amines) is 1. The number of halogens is 1. The number of pyridine rings is 1. The van der Waals surface area contributed by atoms with Crippen LogP contribution in [0.15, 0.2) is 30.6 Å². The van der Waals surface area contributed by atoms with Crippen LogP contribution < -0.4 is 4.90 Å². The quantitative estimate of drug-likeness (QED) is 0.609. The summed E-state index contributed by atoms with van der Waals surface area (Å²) in [5.41, 5.74) is 3.21. The maximum Gasteiger partial charge on any atom is 0.273 e. The first-order valence-corrected chi connectivity index (χ1v) is 11.4. The second kappa shape index (κ2) is 8.11. The predicted molar refractivity (Wildman–Crippen MR) is 121 cm³/mol. The summed E-state index contributed by atoms with van der Waals surface area (Å²) in [6.07, 6.45) is 7.75. The van der Waals surface area contributed by atoms with E-state index in [-0.39, 0.29) is 11.9 Å². The van der Waals surface area contributed by atoms with Crippen molar-refractivity contribution < 1.29 is 4.79 Å². The first-order valence-electron chi connectivity index (χ1n) is 11.0. The van der Waals surface area contributed by atoms with Gasteiger partial charge in [-0.15, -0.1) is 0 Å². The van der Waals surface area contributed by atoms with Gasteiger partial charge in [0.2, 0.25) is 0 Å². The van der Waals surface area contributed by atoms with Gasteiger partial charge in [-0.1, -0.05) is 18.5 Å². The molecule has 2 saturated heterocycles. The Morgan fingerprint density at radius 1 is 1.19 bits per heavy atom. The molecule has 5 rings (SSSR count). The topological polar surface area (TPSA) is 66.6 Å². The molecule has 0 unspecified atom stereocenters. The van der Waals surface area contributed by atoms with Crippen molar-refractivity contribution in [3.63, 3.8) is 0 Å². The monoisotopic (exact) mass is 438 g/mol. The van der Waals surface area contributed by atoms with Crippen LogP contribution in [0, 0.1) is 12.8 Å². The van der Waals surface area contributed by atoms with E-state index in [4.69, 9.17) is 21.7 Å². The van der Waals surface area contributed by atoms with E-state index in [0.29, 0.717) is 23.2 Å². The molecule has 0 aliphatic carbocycles. The van der Waals surface area contributed by atoms with Gasteiger partial charge in [0, 0.05) is 48.7 Å². The van der Waals surface area contributed by atoms with Crippen molar-refractivity contribution in [2.24, 2.45) is 5.92 Å². The largest absolute Gasteiger partial charge is 0.356 e. The number of fused-ring (bicyclic) bond motifs is 1. The van der Waals surface area contributed by atoms with Gasteiger partial charge in [0.1, 0.15) is 11.5 Å². The van der Waals surface area contributed by atoms with Crippen LogP contribution in [0.1, 0.15) is 60.4 Å². The van der Waals surface area contributed by atoms with Gasteiger partial charge in [0.05, 0.1) is 11.7 Å². The first kappa shape index (κ1) is 20.2. The molecule has 0 aromatic carbocycles. The molecule has 3 aromatic rings. The van der Waals surface area contributed by atoms with Gasteiger partial charge in [-0.05, 0) is 50.7 Å². The molecule has 0 saturated carbocycles. The van der Waals surface area contributed by atoms with Crippen molar-refractivity contribution in [1.29, 1.82) is 0 Å². The summed E-state index contributed by atoms with van der Waals surface area (Å²) in [6.45, 7) is 7.16. The molecule has 0 spiro atoms. The smallest absolute Gasteiger partial charge is 0.273 e. The Morgan fingerprint density at radius 3 is 2.84 bits per heavy atom. The summed E-state index contributed by atoms with van der Waals surface area (Å²) in [5, 5.41) is 5.34. The van der Waals surface area contributed by atoms with E-state index in [1.165, 1.54) is 6.42 Å². The number of anilines is 1. The van der Waals surface area contributed by atoms with Gasteiger partial charge in [-0.3, -0.25) is 9.78 Å². The van der Waals surface area contributed by atoms with Crippen molar-refractivity contribution >= 4 is 29.0 Å². The van der Waals surface area contributed by atoms with Gasteiger partial charge in [0.15, 0.2) is 5.65 Å². The number of amides is 1. The van der Waals surface area contributed by atoms with Crippen LogP contribution >= 0.6 is 11.6 Å². The Bertz CT molecular complexity index is 1130. The van der Waals surface area contributed by atoms with Crippen molar-refractivity contribution in [2.75, 3.05) is 24.5 Å². The molecule has 162 valence electrons. The number of hydrogen-bond donors (Lipinski definition) is 0. The summed E-state index contributed by atoms with van der Waals surface area (Å²) in [7, 11) is 0. The maximum atomic E-state index is 13.2. The third-order valence-electron chi connectivity index (χ3n) is 6.39. The van der Waals surface area contributed by atoms with Gasteiger partial charge in [-0.25, -0.2) is 9.50 Å². The minimum atomic E-state index is -0.0971. The number of aromatic nitrogens is 4. The zero-order chi connectivity index (χ0) is 21.5. The summed E-state index contributed by atoms with van der Waals surface area (Å²) in [4.78, 5) is 26.6. The molecule has 7 nitrogen and oxygen atoms in total. The van der Waals surface area contributed by atoms with Crippen molar-refractivity contribution in [2.45, 2.75) is 45.6 Å². The second-order valence-corrected chi connectivity index (χ2v) is 9.27. The van der Waals surface area contributed by atoms with E-state index in [2.05, 4.69) is 29.9 Å². The lowest BCUT2D eigenvalue weighted by Crippen LogP contribution is -2.39. The average Bonchev–Trinajstić information content (AvgIpc) is 3.38. The molecule has 0 radical (unpaired) electrons. The fourth-order valence-corrected chi connectivity index (χ4v) is 4.94. The molecule has 2 aliphatic heterocycles. The van der Waals surface area contributed by atoms with E-state index >= 15 is 0 Å². The molecule has 2 atom stereocenters. The summed E-state index contributed by atoms with van der Waals surface area (Å²) in [5.74, 6) is 1.64. The first-order chi connectivity index (χ1) is 15.0. The van der Waals surface area contributed by atoms with Crippen LogP contribution in [0.5, 0.6) is 0 Å². The molecular weight excluding hydrogens is 412 g/mol. The second-order valence-electron chi connectivity index (χ2n) is 8.83. The van der Waals surface area contributed by atoms with Crippen LogP contribution in [0.4, 0.5) is 5.82 Å². The molecular formula is C23H27ClN6O. The normalized spacial score (nSPS) is 21.8. The van der Waals surface area contributed by atoms with Crippen molar-refractivity contribution in [1.82, 2.24) is 24.5 Å². The lowest BCUT2D eigenvalue weighted by atomic mass is 9.99. The number of hydrogen-bond acceptors (Lipinski definition) is 5. The maximum absolute atomic E-state index is 13.2. The fourth-order valence-electron chi connectivity index (χ4n) is 4.78. The number of carbonyl (C=O) groups excluding carboxylic acids is 1. The van der Waals surface area contributed by atoms with Crippen LogP contribution in [0.25, 0.3) is 5.65 Å². The van der Waals surface area contributed by atoms with E-state index in [1.807, 2.05) is 15.5 Å².